The Morgan fingerprint density at radius 3 is 2.75 bits per heavy atom. The van der Waals surface area contributed by atoms with Gasteiger partial charge in [0.2, 0.25) is 5.91 Å². The Morgan fingerprint density at radius 1 is 1.44 bits per heavy atom. The third-order valence-electron chi connectivity index (χ3n) is 3.16. The van der Waals surface area contributed by atoms with Crippen LogP contribution in [0.4, 0.5) is 0 Å². The van der Waals surface area contributed by atoms with Gasteiger partial charge in [-0.05, 0) is 24.3 Å². The van der Waals surface area contributed by atoms with Crippen LogP contribution in [0.2, 0.25) is 0 Å². The molecular weight excluding hydrogens is 202 g/mol. The van der Waals surface area contributed by atoms with Gasteiger partial charge in [0.05, 0.1) is 6.42 Å². The molecule has 0 bridgehead atoms. The molecule has 0 atom stereocenters. The minimum atomic E-state index is -0.0189. The molecule has 0 heterocycles. The van der Waals surface area contributed by atoms with Gasteiger partial charge in [-0.1, -0.05) is 25.1 Å². The number of hydrogen-bond acceptors (Lipinski definition) is 2. The lowest BCUT2D eigenvalue weighted by atomic mass is 10.1. The highest BCUT2D eigenvalue weighted by molar-refractivity contribution is 5.79. The highest BCUT2D eigenvalue weighted by Gasteiger charge is 2.37. The Hall–Kier alpha value is -1.51. The van der Waals surface area contributed by atoms with Gasteiger partial charge in [-0.25, -0.2) is 0 Å². The molecule has 1 fully saturated rings. The number of nitrogens with one attached hydrogen (secondary N) is 1. The molecule has 0 aromatic heterocycles. The first-order valence-electron chi connectivity index (χ1n) is 5.63. The second kappa shape index (κ2) is 4.16. The first kappa shape index (κ1) is 11.0. The van der Waals surface area contributed by atoms with Crippen molar-refractivity contribution in [1.29, 1.82) is 0 Å². The van der Waals surface area contributed by atoms with Crippen molar-refractivity contribution >= 4 is 5.91 Å². The maximum Gasteiger partial charge on any atom is 0.224 e. The summed E-state index contributed by atoms with van der Waals surface area (Å²) < 4.78 is 0. The van der Waals surface area contributed by atoms with E-state index in [1.807, 2.05) is 6.07 Å². The first-order valence-corrected chi connectivity index (χ1v) is 5.63. The third kappa shape index (κ3) is 2.75. The van der Waals surface area contributed by atoms with Crippen LogP contribution in [0.1, 0.15) is 25.3 Å². The number of para-hydroxylation sites is 1. The average molecular weight is 219 g/mol. The fraction of sp³-hybridized carbons (Fsp3) is 0.462. The van der Waals surface area contributed by atoms with E-state index in [4.69, 9.17) is 0 Å². The van der Waals surface area contributed by atoms with Crippen LogP contribution in [-0.2, 0) is 11.2 Å². The number of rotatable bonds is 4. The Balaban J connectivity index is 1.85. The monoisotopic (exact) mass is 219 g/mol. The van der Waals surface area contributed by atoms with Crippen molar-refractivity contribution in [1.82, 2.24) is 5.32 Å². The van der Waals surface area contributed by atoms with Crippen molar-refractivity contribution in [2.45, 2.75) is 26.2 Å². The van der Waals surface area contributed by atoms with Crippen LogP contribution in [0.25, 0.3) is 0 Å². The highest BCUT2D eigenvalue weighted by Crippen LogP contribution is 2.44. The van der Waals surface area contributed by atoms with E-state index in [0.29, 0.717) is 11.0 Å². The molecule has 2 rings (SSSR count). The quantitative estimate of drug-likeness (QED) is 0.812. The fourth-order valence-electron chi connectivity index (χ4n) is 1.60. The van der Waals surface area contributed by atoms with E-state index in [-0.39, 0.29) is 18.1 Å². The normalized spacial score (nSPS) is 16.8. The number of carbonyl (C=O) groups is 1. The van der Waals surface area contributed by atoms with Gasteiger partial charge in [-0.2, -0.15) is 0 Å². The van der Waals surface area contributed by atoms with Crippen LogP contribution >= 0.6 is 0 Å². The number of amides is 1. The SMILES string of the molecule is CC1(CNC(=O)Cc2ccccc2O)CC1. The number of phenolic OH excluding ortho intramolecular Hbond substituents is 1. The van der Waals surface area contributed by atoms with Crippen LogP contribution in [0.5, 0.6) is 5.75 Å². The molecule has 0 unspecified atom stereocenters. The first-order chi connectivity index (χ1) is 7.59. The van der Waals surface area contributed by atoms with Gasteiger partial charge < -0.3 is 10.4 Å². The molecule has 1 amide bonds. The number of benzene rings is 1. The lowest BCUT2D eigenvalue weighted by molar-refractivity contribution is -0.120. The summed E-state index contributed by atoms with van der Waals surface area (Å²) in [5.41, 5.74) is 1.01. The zero-order valence-corrected chi connectivity index (χ0v) is 9.49. The summed E-state index contributed by atoms with van der Waals surface area (Å²) in [5, 5.41) is 12.4. The largest absolute Gasteiger partial charge is 0.508 e. The van der Waals surface area contributed by atoms with Gasteiger partial charge >= 0.3 is 0 Å². The van der Waals surface area contributed by atoms with Gasteiger partial charge in [-0.15, -0.1) is 0 Å². The number of hydrogen-bond donors (Lipinski definition) is 2. The molecule has 0 spiro atoms. The van der Waals surface area contributed by atoms with E-state index >= 15 is 0 Å². The van der Waals surface area contributed by atoms with Gasteiger partial charge in [0.25, 0.3) is 0 Å². The standard InChI is InChI=1S/C13H17NO2/c1-13(6-7-13)9-14-12(16)8-10-4-2-3-5-11(10)15/h2-5,15H,6-9H2,1H3,(H,14,16). The topological polar surface area (TPSA) is 49.3 Å². The summed E-state index contributed by atoms with van der Waals surface area (Å²) >= 11 is 0. The maximum absolute atomic E-state index is 11.6. The van der Waals surface area contributed by atoms with E-state index in [1.165, 1.54) is 12.8 Å². The highest BCUT2D eigenvalue weighted by atomic mass is 16.3. The minimum absolute atomic E-state index is 0.0189. The average Bonchev–Trinajstić information content (AvgIpc) is 2.98. The van der Waals surface area contributed by atoms with Gasteiger partial charge in [-0.3, -0.25) is 4.79 Å². The zero-order valence-electron chi connectivity index (χ0n) is 9.49. The molecule has 1 aliphatic rings. The molecule has 0 radical (unpaired) electrons. The Bertz CT molecular complexity index is 397. The van der Waals surface area contributed by atoms with Crippen molar-refractivity contribution < 1.29 is 9.90 Å². The zero-order chi connectivity index (χ0) is 11.6. The van der Waals surface area contributed by atoms with Crippen molar-refractivity contribution in [2.75, 3.05) is 6.54 Å². The summed E-state index contributed by atoms with van der Waals surface area (Å²) in [6.45, 7) is 2.92. The summed E-state index contributed by atoms with van der Waals surface area (Å²) in [4.78, 5) is 11.6. The Labute approximate surface area is 95.5 Å². The fourth-order valence-corrected chi connectivity index (χ4v) is 1.60. The second-order valence-electron chi connectivity index (χ2n) is 4.89. The summed E-state index contributed by atoms with van der Waals surface area (Å²) in [6, 6.07) is 6.95. The molecular formula is C13H17NO2. The Kier molecular flexibility index (Phi) is 2.86. The van der Waals surface area contributed by atoms with Crippen molar-refractivity contribution in [3.05, 3.63) is 29.8 Å². The van der Waals surface area contributed by atoms with Crippen LogP contribution in [0, 0.1) is 5.41 Å². The molecule has 16 heavy (non-hydrogen) atoms. The van der Waals surface area contributed by atoms with E-state index < -0.39 is 0 Å². The lowest BCUT2D eigenvalue weighted by Crippen LogP contribution is -2.30. The van der Waals surface area contributed by atoms with Crippen molar-refractivity contribution in [2.24, 2.45) is 5.41 Å². The third-order valence-corrected chi connectivity index (χ3v) is 3.16. The molecule has 3 nitrogen and oxygen atoms in total. The van der Waals surface area contributed by atoms with Gasteiger partial charge in [0, 0.05) is 12.1 Å². The molecule has 0 aliphatic heterocycles. The summed E-state index contributed by atoms with van der Waals surface area (Å²) in [7, 11) is 0. The van der Waals surface area contributed by atoms with Crippen LogP contribution in [0.3, 0.4) is 0 Å². The Morgan fingerprint density at radius 2 is 2.12 bits per heavy atom. The van der Waals surface area contributed by atoms with E-state index in [9.17, 15) is 9.90 Å². The molecule has 0 saturated heterocycles. The number of aromatic hydroxyl groups is 1. The van der Waals surface area contributed by atoms with E-state index in [1.54, 1.807) is 18.2 Å². The molecule has 1 aromatic rings. The van der Waals surface area contributed by atoms with Crippen molar-refractivity contribution in [3.63, 3.8) is 0 Å². The predicted molar refractivity (Wildman–Crippen MR) is 62.2 cm³/mol. The van der Waals surface area contributed by atoms with Crippen molar-refractivity contribution in [3.8, 4) is 5.75 Å². The van der Waals surface area contributed by atoms with E-state index in [2.05, 4.69) is 12.2 Å². The number of phenols is 1. The molecule has 1 aromatic carbocycles. The van der Waals surface area contributed by atoms with Crippen LogP contribution in [0.15, 0.2) is 24.3 Å². The van der Waals surface area contributed by atoms with Gasteiger partial charge in [0.1, 0.15) is 5.75 Å². The molecule has 3 heteroatoms. The maximum atomic E-state index is 11.6. The smallest absolute Gasteiger partial charge is 0.224 e. The van der Waals surface area contributed by atoms with E-state index in [0.717, 1.165) is 6.54 Å². The van der Waals surface area contributed by atoms with Crippen LogP contribution in [-0.4, -0.2) is 17.6 Å². The second-order valence-corrected chi connectivity index (χ2v) is 4.89. The lowest BCUT2D eigenvalue weighted by Gasteiger charge is -2.10. The minimum Gasteiger partial charge on any atom is -0.508 e. The predicted octanol–water partition coefficient (Wildman–Crippen LogP) is 1.85. The van der Waals surface area contributed by atoms with Gasteiger partial charge in [0.15, 0.2) is 0 Å². The summed E-state index contributed by atoms with van der Waals surface area (Å²) in [5.74, 6) is 0.171. The molecule has 2 N–H and O–H groups in total. The molecule has 1 saturated carbocycles. The molecule has 86 valence electrons. The summed E-state index contributed by atoms with van der Waals surface area (Å²) in [6.07, 6.45) is 2.65. The molecule has 1 aliphatic carbocycles. The van der Waals surface area contributed by atoms with Crippen LogP contribution < -0.4 is 5.32 Å². The number of carbonyl (C=O) groups excluding carboxylic acids is 1.